The Morgan fingerprint density at radius 2 is 1.90 bits per heavy atom. The van der Waals surface area contributed by atoms with Gasteiger partial charge in [-0.2, -0.15) is 0 Å². The van der Waals surface area contributed by atoms with E-state index in [1.807, 2.05) is 12.1 Å². The third-order valence-electron chi connectivity index (χ3n) is 8.89. The highest BCUT2D eigenvalue weighted by atomic mass is 35.5. The zero-order chi connectivity index (χ0) is 19.8. The Balaban J connectivity index is 1.25. The van der Waals surface area contributed by atoms with Crippen LogP contribution in [0.1, 0.15) is 51.4 Å². The van der Waals surface area contributed by atoms with Gasteiger partial charge in [-0.3, -0.25) is 4.79 Å². The number of rotatable bonds is 2. The number of nitrogens with zero attached hydrogens (tertiary/aromatic N) is 3. The van der Waals surface area contributed by atoms with E-state index in [0.717, 1.165) is 64.0 Å². The van der Waals surface area contributed by atoms with Gasteiger partial charge < -0.3 is 14.9 Å². The minimum absolute atomic E-state index is 0.0249. The molecule has 0 aromatic carbocycles. The van der Waals surface area contributed by atoms with Crippen LogP contribution < -0.4 is 4.90 Å². The summed E-state index contributed by atoms with van der Waals surface area (Å²) in [5, 5.41) is 11.3. The monoisotopic (exact) mass is 415 g/mol. The number of aromatic nitrogens is 1. The van der Waals surface area contributed by atoms with Gasteiger partial charge in [-0.05, 0) is 81.3 Å². The van der Waals surface area contributed by atoms with Gasteiger partial charge in [0.25, 0.3) is 0 Å². The van der Waals surface area contributed by atoms with Gasteiger partial charge in [0.15, 0.2) is 0 Å². The summed E-state index contributed by atoms with van der Waals surface area (Å²) in [4.78, 5) is 23.0. The molecular formula is C23H30ClN3O2. The fourth-order valence-corrected chi connectivity index (χ4v) is 7.93. The summed E-state index contributed by atoms with van der Waals surface area (Å²) in [7, 11) is 0. The van der Waals surface area contributed by atoms with Gasteiger partial charge in [0, 0.05) is 31.4 Å². The van der Waals surface area contributed by atoms with Gasteiger partial charge in [-0.25, -0.2) is 4.98 Å². The Bertz CT molecular complexity index is 814. The maximum atomic E-state index is 13.9. The molecule has 1 aromatic heterocycles. The highest BCUT2D eigenvalue weighted by Gasteiger charge is 2.61. The topological polar surface area (TPSA) is 56.7 Å². The Kier molecular flexibility index (Phi) is 4.03. The number of carbonyl (C=O) groups is 1. The van der Waals surface area contributed by atoms with E-state index in [1.54, 1.807) is 6.20 Å². The molecule has 6 aliphatic rings. The number of likely N-dealkylation sites (tertiary alicyclic amines) is 1. The second-order valence-electron chi connectivity index (χ2n) is 10.5. The van der Waals surface area contributed by atoms with Crippen molar-refractivity contribution in [1.82, 2.24) is 9.88 Å². The van der Waals surface area contributed by atoms with Crippen LogP contribution >= 0.6 is 11.6 Å². The molecule has 2 aliphatic heterocycles. The molecule has 1 spiro atoms. The fourth-order valence-electron chi connectivity index (χ4n) is 7.82. The molecule has 4 saturated carbocycles. The van der Waals surface area contributed by atoms with Crippen LogP contribution in [0.5, 0.6) is 0 Å². The second kappa shape index (κ2) is 6.34. The van der Waals surface area contributed by atoms with Crippen molar-refractivity contribution >= 4 is 23.3 Å². The van der Waals surface area contributed by atoms with Crippen LogP contribution in [0.4, 0.5) is 5.82 Å². The van der Waals surface area contributed by atoms with E-state index >= 15 is 0 Å². The molecule has 6 fully saturated rings. The van der Waals surface area contributed by atoms with Crippen LogP contribution in [-0.4, -0.2) is 52.2 Å². The standard InChI is InChI=1S/C23H30ClN3O2/c24-18-2-3-19(25-13-18)26-6-1-4-22(14-26)5-7-27(21(22)29)23-10-15-8-16(11-23)20(28)17(9-15)12-23/h2-3,13,15-17,20,28H,1,4-12,14H2/t15?,16?,17?,20?,22-,23?/m1/s1. The minimum atomic E-state index is -0.262. The van der Waals surface area contributed by atoms with Crippen LogP contribution in [-0.2, 0) is 4.79 Å². The average Bonchev–Trinajstić information content (AvgIpc) is 3.02. The molecule has 2 unspecified atom stereocenters. The van der Waals surface area contributed by atoms with Crippen molar-refractivity contribution in [2.24, 2.45) is 23.2 Å². The lowest BCUT2D eigenvalue weighted by atomic mass is 9.51. The molecule has 5 nitrogen and oxygen atoms in total. The molecule has 6 heteroatoms. The molecule has 7 rings (SSSR count). The van der Waals surface area contributed by atoms with Crippen molar-refractivity contribution in [3.63, 3.8) is 0 Å². The molecule has 29 heavy (non-hydrogen) atoms. The van der Waals surface area contributed by atoms with E-state index in [1.165, 1.54) is 12.8 Å². The number of pyridine rings is 1. The maximum Gasteiger partial charge on any atom is 0.231 e. The van der Waals surface area contributed by atoms with Gasteiger partial charge in [0.1, 0.15) is 5.82 Å². The second-order valence-corrected chi connectivity index (χ2v) is 11.0. The summed E-state index contributed by atoms with van der Waals surface area (Å²) < 4.78 is 0. The Morgan fingerprint density at radius 1 is 1.10 bits per heavy atom. The van der Waals surface area contributed by atoms with Gasteiger partial charge >= 0.3 is 0 Å². The van der Waals surface area contributed by atoms with E-state index < -0.39 is 0 Å². The van der Waals surface area contributed by atoms with Crippen molar-refractivity contribution in [3.05, 3.63) is 23.4 Å². The van der Waals surface area contributed by atoms with Gasteiger partial charge in [0.05, 0.1) is 16.5 Å². The van der Waals surface area contributed by atoms with Gasteiger partial charge in [0.2, 0.25) is 5.91 Å². The number of anilines is 1. The van der Waals surface area contributed by atoms with Crippen molar-refractivity contribution < 1.29 is 9.90 Å². The summed E-state index contributed by atoms with van der Waals surface area (Å²) in [6.45, 7) is 2.61. The SMILES string of the molecule is O=C1N(C23CC4CC(C2)C(O)C(C4)C3)CC[C@@]12CCCN(c1ccc(Cl)cn1)C2. The number of carbonyl (C=O) groups excluding carboxylic acids is 1. The Morgan fingerprint density at radius 3 is 2.62 bits per heavy atom. The predicted octanol–water partition coefficient (Wildman–Crippen LogP) is 3.49. The quantitative estimate of drug-likeness (QED) is 0.803. The van der Waals surface area contributed by atoms with Crippen LogP contribution in [0.15, 0.2) is 18.3 Å². The first-order valence-corrected chi connectivity index (χ1v) is 11.7. The maximum absolute atomic E-state index is 13.9. The number of aliphatic hydroxyl groups is 1. The molecule has 3 atom stereocenters. The third-order valence-corrected chi connectivity index (χ3v) is 9.11. The Labute approximate surface area is 177 Å². The number of hydrogen-bond acceptors (Lipinski definition) is 4. The van der Waals surface area contributed by atoms with E-state index in [0.29, 0.717) is 28.7 Å². The lowest BCUT2D eigenvalue weighted by Gasteiger charge is -2.61. The molecule has 4 aliphatic carbocycles. The van der Waals surface area contributed by atoms with Crippen molar-refractivity contribution in [2.45, 2.75) is 63.0 Å². The predicted molar refractivity (Wildman–Crippen MR) is 112 cm³/mol. The number of halogens is 1. The molecule has 1 N–H and O–H groups in total. The molecule has 3 heterocycles. The first kappa shape index (κ1) is 18.4. The van der Waals surface area contributed by atoms with Crippen LogP contribution in [0, 0.1) is 23.2 Å². The lowest BCUT2D eigenvalue weighted by Crippen LogP contribution is -2.65. The summed E-state index contributed by atoms with van der Waals surface area (Å²) in [6, 6.07) is 3.85. The summed E-state index contributed by atoms with van der Waals surface area (Å²) >= 11 is 6.01. The largest absolute Gasteiger partial charge is 0.393 e. The number of aliphatic hydroxyl groups excluding tert-OH is 1. The molecule has 156 valence electrons. The molecular weight excluding hydrogens is 386 g/mol. The summed E-state index contributed by atoms with van der Waals surface area (Å²) in [5.41, 5.74) is -0.237. The lowest BCUT2D eigenvalue weighted by molar-refractivity contribution is -0.167. The van der Waals surface area contributed by atoms with Gasteiger partial charge in [-0.15, -0.1) is 0 Å². The van der Waals surface area contributed by atoms with Crippen molar-refractivity contribution in [3.8, 4) is 0 Å². The first-order chi connectivity index (χ1) is 14.0. The zero-order valence-corrected chi connectivity index (χ0v) is 17.7. The molecule has 4 bridgehead atoms. The number of hydrogen-bond donors (Lipinski definition) is 1. The normalized spacial score (nSPS) is 43.6. The highest BCUT2D eigenvalue weighted by molar-refractivity contribution is 6.30. The van der Waals surface area contributed by atoms with E-state index in [-0.39, 0.29) is 17.1 Å². The molecule has 0 radical (unpaired) electrons. The Hall–Kier alpha value is -1.33. The average molecular weight is 416 g/mol. The van der Waals surface area contributed by atoms with Gasteiger partial charge in [-0.1, -0.05) is 11.6 Å². The van der Waals surface area contributed by atoms with Crippen molar-refractivity contribution in [1.29, 1.82) is 0 Å². The molecule has 2 saturated heterocycles. The third kappa shape index (κ3) is 2.69. The molecule has 1 aromatic rings. The van der Waals surface area contributed by atoms with Crippen LogP contribution in [0.3, 0.4) is 0 Å². The highest BCUT2D eigenvalue weighted by Crippen LogP contribution is 2.59. The smallest absolute Gasteiger partial charge is 0.231 e. The molecule has 1 amide bonds. The first-order valence-electron chi connectivity index (χ1n) is 11.3. The van der Waals surface area contributed by atoms with Crippen LogP contribution in [0.2, 0.25) is 5.02 Å². The summed E-state index contributed by atoms with van der Waals surface area (Å²) in [5.74, 6) is 2.84. The minimum Gasteiger partial charge on any atom is -0.393 e. The fraction of sp³-hybridized carbons (Fsp3) is 0.739. The van der Waals surface area contributed by atoms with E-state index in [9.17, 15) is 9.90 Å². The summed E-state index contributed by atoms with van der Waals surface area (Å²) in [6.07, 6.45) is 10.1. The van der Waals surface area contributed by atoms with Crippen LogP contribution in [0.25, 0.3) is 0 Å². The van der Waals surface area contributed by atoms with E-state index in [2.05, 4.69) is 14.8 Å². The number of piperidine rings is 1. The number of amides is 1. The van der Waals surface area contributed by atoms with E-state index in [4.69, 9.17) is 11.6 Å². The van der Waals surface area contributed by atoms with Crippen molar-refractivity contribution in [2.75, 3.05) is 24.5 Å². The zero-order valence-electron chi connectivity index (χ0n) is 16.9.